The second kappa shape index (κ2) is 31.3. The summed E-state index contributed by atoms with van der Waals surface area (Å²) in [6.07, 6.45) is 0. The van der Waals surface area contributed by atoms with Gasteiger partial charge in [-0.3, -0.25) is 0 Å². The summed E-state index contributed by atoms with van der Waals surface area (Å²) in [6.45, 7) is 21.4. The molecule has 23 aromatic carbocycles. The smallest absolute Gasteiger partial charge is 0.123 e. The van der Waals surface area contributed by atoms with Crippen molar-refractivity contribution in [2.75, 3.05) is 0 Å². The molecule has 6 heteroatoms. The summed E-state index contributed by atoms with van der Waals surface area (Å²) < 4.78 is 21.5. The molecule has 4 nitrogen and oxygen atoms in total. The molecule has 0 spiro atoms. The van der Waals surface area contributed by atoms with E-state index in [1.54, 1.807) is 12.1 Å². The van der Waals surface area contributed by atoms with Crippen LogP contribution in [0.25, 0.3) is 246 Å². The predicted molar refractivity (Wildman–Crippen MR) is 610 cm³/mol. The Morgan fingerprint density at radius 1 is 0.189 bits per heavy atom. The monoisotopic (exact) mass is 1850 g/mol. The molecule has 143 heavy (non-hydrogen) atoms. The van der Waals surface area contributed by atoms with Gasteiger partial charge in [0.1, 0.15) is 5.82 Å². The Bertz CT molecular complexity index is 10100. The van der Waals surface area contributed by atoms with Crippen LogP contribution in [0.2, 0.25) is 19.6 Å². The van der Waals surface area contributed by atoms with Crippen molar-refractivity contribution in [3.05, 3.63) is 476 Å². The lowest BCUT2D eigenvalue weighted by Crippen LogP contribution is -2.37. The summed E-state index contributed by atoms with van der Waals surface area (Å²) in [6, 6.07) is 160. The van der Waals surface area contributed by atoms with Gasteiger partial charge in [0, 0.05) is 76.8 Å². The van der Waals surface area contributed by atoms with Crippen LogP contribution in [0.1, 0.15) is 74.9 Å². The standard InChI is InChI=1S/C56H38N2.C42H35NSi.C39H26FN/c1-56(2)50-27-14-13-26-44(50)47-32-49-48-31-45-42-24-11-9-22-40(42)41-23-10-12-25-43(41)46(45)33-54(48)58(55(49)34-51(47)56)39-21-15-20-37(28-39)53-30-38(35-16-5-3-6-17-35)29-52(57-53)36-18-7-4-8-19-36;1-42(2)38-17-11-10-16-32(38)35-23-37-36-22-33-30-14-8-6-12-28(30)29-13-7-9-15-31(29)34(33)24-40(36)43(41(37)25-39(35)42)26-18-20-27(21-19-26)44(3,4)5;1-39(2)35-14-8-7-13-29(35)32-20-34-33-19-30-27-11-5-3-9-25(27)26-10-4-6-12-28(26)31(30)21-37(33)41(38(34)22-36(32)39)24-17-15-23(40)16-18-24/h3-34H,1-2H3;6-25H,1-5H3;3-22H,1-2H3. The number of benzene rings is 23. The molecule has 0 bridgehead atoms. The first kappa shape index (κ1) is 84.2. The van der Waals surface area contributed by atoms with Crippen LogP contribution >= 0.6 is 0 Å². The molecular formula is C137H99FN4Si. The lowest BCUT2D eigenvalue weighted by atomic mass is 9.82. The number of hydrogen-bond donors (Lipinski definition) is 0. The van der Waals surface area contributed by atoms with E-state index in [0.717, 1.165) is 50.5 Å². The number of hydrogen-bond acceptors (Lipinski definition) is 1. The van der Waals surface area contributed by atoms with Crippen molar-refractivity contribution in [3.63, 3.8) is 0 Å². The zero-order valence-corrected chi connectivity index (χ0v) is 82.2. The number of fused-ring (bicyclic) bond motifs is 36. The first-order valence-corrected chi connectivity index (χ1v) is 53.7. The van der Waals surface area contributed by atoms with E-state index in [1.165, 1.54) is 235 Å². The third-order valence-corrected chi connectivity index (χ3v) is 34.5. The zero-order chi connectivity index (χ0) is 96.0. The molecule has 0 aliphatic heterocycles. The Hall–Kier alpha value is -16.9. The maximum absolute atomic E-state index is 14.1. The molecule has 0 atom stereocenters. The second-order valence-electron chi connectivity index (χ2n) is 42.5. The summed E-state index contributed by atoms with van der Waals surface area (Å²) in [5.74, 6) is -0.227. The van der Waals surface area contributed by atoms with E-state index in [2.05, 4.69) is 487 Å². The van der Waals surface area contributed by atoms with Gasteiger partial charge in [-0.15, -0.1) is 0 Å². The van der Waals surface area contributed by atoms with Crippen LogP contribution < -0.4 is 5.19 Å². The molecule has 0 radical (unpaired) electrons. The highest BCUT2D eigenvalue weighted by Gasteiger charge is 2.40. The van der Waals surface area contributed by atoms with Crippen molar-refractivity contribution in [3.8, 4) is 84.1 Å². The lowest BCUT2D eigenvalue weighted by Gasteiger charge is -2.22. The summed E-state index contributed by atoms with van der Waals surface area (Å²) in [5, 5.41) is 32.2. The minimum Gasteiger partial charge on any atom is -0.309 e. The van der Waals surface area contributed by atoms with Crippen LogP contribution in [0.3, 0.4) is 0 Å². The van der Waals surface area contributed by atoms with Gasteiger partial charge in [0.25, 0.3) is 0 Å². The Labute approximate surface area is 830 Å². The average molecular weight is 1850 g/mol. The highest BCUT2D eigenvalue weighted by molar-refractivity contribution is 6.88. The molecule has 0 unspecified atom stereocenters. The number of nitrogens with zero attached hydrogens (tertiary/aromatic N) is 4. The van der Waals surface area contributed by atoms with Crippen molar-refractivity contribution in [2.24, 2.45) is 0 Å². The van der Waals surface area contributed by atoms with Gasteiger partial charge in [-0.2, -0.15) is 0 Å². The van der Waals surface area contributed by atoms with Gasteiger partial charge in [0.05, 0.1) is 52.6 Å². The van der Waals surface area contributed by atoms with Crippen LogP contribution in [0.5, 0.6) is 0 Å². The van der Waals surface area contributed by atoms with Crippen molar-refractivity contribution in [1.29, 1.82) is 0 Å². The molecule has 678 valence electrons. The van der Waals surface area contributed by atoms with Crippen LogP contribution in [0.15, 0.2) is 437 Å². The lowest BCUT2D eigenvalue weighted by molar-refractivity contribution is 0.627. The summed E-state index contributed by atoms with van der Waals surface area (Å²) in [4.78, 5) is 5.33. The fourth-order valence-electron chi connectivity index (χ4n) is 25.4. The molecule has 3 aliphatic rings. The first-order valence-electron chi connectivity index (χ1n) is 50.2. The van der Waals surface area contributed by atoms with E-state index in [1.807, 2.05) is 12.1 Å². The highest BCUT2D eigenvalue weighted by Crippen LogP contribution is 2.57. The number of pyridine rings is 1. The van der Waals surface area contributed by atoms with Crippen LogP contribution in [0, 0.1) is 5.82 Å². The molecule has 0 amide bonds. The van der Waals surface area contributed by atoms with E-state index >= 15 is 0 Å². The molecule has 4 aromatic heterocycles. The second-order valence-corrected chi connectivity index (χ2v) is 47.5. The topological polar surface area (TPSA) is 27.7 Å². The number of aromatic nitrogens is 4. The highest BCUT2D eigenvalue weighted by atomic mass is 28.3. The SMILES string of the molecule is CC1(C)c2ccccc2-c2cc3c4cc5c6ccccc6c6ccccc6c5cc4n(-c4ccc(F)cc4)c3cc21.CC1(C)c2ccccc2-c2cc3c4cc5c6ccccc6c6ccccc6c5cc4n(-c4ccc([Si](C)(C)C)cc4)c3cc21.CC1(C)c2ccccc2-c2cc3c4cc5c6ccccc6c6ccccc6c5cc4n(-c4cccc(-c5cc(-c6ccccc6)cc(-c6ccccc6)n5)c4)c3cc21. The van der Waals surface area contributed by atoms with Gasteiger partial charge in [-0.1, -0.05) is 370 Å². The maximum atomic E-state index is 14.1. The summed E-state index contributed by atoms with van der Waals surface area (Å²) in [7, 11) is -1.42. The van der Waals surface area contributed by atoms with Crippen molar-refractivity contribution in [2.45, 2.75) is 77.4 Å². The maximum Gasteiger partial charge on any atom is 0.123 e. The van der Waals surface area contributed by atoms with Crippen molar-refractivity contribution < 1.29 is 4.39 Å². The predicted octanol–water partition coefficient (Wildman–Crippen LogP) is 36.7. The molecule has 0 N–H and O–H groups in total. The largest absolute Gasteiger partial charge is 0.309 e. The molecule has 0 fully saturated rings. The molecule has 30 rings (SSSR count). The minimum atomic E-state index is -1.42. The Balaban J connectivity index is 0.000000107. The van der Waals surface area contributed by atoms with Crippen molar-refractivity contribution in [1.82, 2.24) is 18.7 Å². The summed E-state index contributed by atoms with van der Waals surface area (Å²) in [5.41, 5.74) is 33.0. The summed E-state index contributed by atoms with van der Waals surface area (Å²) >= 11 is 0. The molecule has 0 saturated heterocycles. The molecular weight excluding hydrogens is 1750 g/mol. The molecule has 4 heterocycles. The van der Waals surface area contributed by atoms with E-state index in [9.17, 15) is 4.39 Å². The third kappa shape index (κ3) is 12.7. The molecule has 3 aliphatic carbocycles. The Kier molecular flexibility index (Phi) is 18.4. The van der Waals surface area contributed by atoms with Gasteiger partial charge < -0.3 is 13.7 Å². The normalized spacial score (nSPS) is 13.7. The van der Waals surface area contributed by atoms with Crippen LogP contribution in [-0.4, -0.2) is 26.8 Å². The van der Waals surface area contributed by atoms with Gasteiger partial charge in [-0.05, 0) is 308 Å². The first-order chi connectivity index (χ1) is 69.7. The van der Waals surface area contributed by atoms with Gasteiger partial charge in [0.2, 0.25) is 0 Å². The number of rotatable bonds is 7. The van der Waals surface area contributed by atoms with Gasteiger partial charge in [-0.25, -0.2) is 9.37 Å². The number of halogens is 1. The van der Waals surface area contributed by atoms with Crippen molar-refractivity contribution >= 4 is 176 Å². The van der Waals surface area contributed by atoms with E-state index < -0.39 is 8.07 Å². The minimum absolute atomic E-state index is 0.0553. The van der Waals surface area contributed by atoms with E-state index in [4.69, 9.17) is 4.98 Å². The quantitative estimate of drug-likeness (QED) is 0.115. The van der Waals surface area contributed by atoms with E-state index in [-0.39, 0.29) is 22.1 Å². The Morgan fingerprint density at radius 2 is 0.455 bits per heavy atom. The fourth-order valence-corrected chi connectivity index (χ4v) is 26.6. The van der Waals surface area contributed by atoms with Crippen LogP contribution in [-0.2, 0) is 16.2 Å². The molecule has 0 saturated carbocycles. The van der Waals surface area contributed by atoms with E-state index in [0.29, 0.717) is 0 Å². The van der Waals surface area contributed by atoms with Gasteiger partial charge in [0.15, 0.2) is 0 Å². The van der Waals surface area contributed by atoms with Crippen LogP contribution in [0.4, 0.5) is 4.39 Å². The average Bonchev–Trinajstić information content (AvgIpc) is 1.55. The zero-order valence-electron chi connectivity index (χ0n) is 81.2. The third-order valence-electron chi connectivity index (χ3n) is 32.5. The molecule has 27 aromatic rings. The van der Waals surface area contributed by atoms with Gasteiger partial charge >= 0.3 is 0 Å². The fraction of sp³-hybridized carbons (Fsp3) is 0.0876. The Morgan fingerprint density at radius 3 is 0.797 bits per heavy atom.